The van der Waals surface area contributed by atoms with E-state index in [1.54, 1.807) is 36.4 Å². The van der Waals surface area contributed by atoms with E-state index >= 15 is 0 Å². The molecule has 0 radical (unpaired) electrons. The second-order valence-electron chi connectivity index (χ2n) is 7.83. The number of hydrogen-bond donors (Lipinski definition) is 0. The fourth-order valence-corrected chi connectivity index (χ4v) is 4.45. The van der Waals surface area contributed by atoms with Crippen LogP contribution in [0.3, 0.4) is 0 Å². The van der Waals surface area contributed by atoms with Crippen molar-refractivity contribution in [2.24, 2.45) is 0 Å². The van der Waals surface area contributed by atoms with Crippen LogP contribution in [0.4, 0.5) is 5.69 Å². The number of sulfone groups is 1. The van der Waals surface area contributed by atoms with Gasteiger partial charge >= 0.3 is 5.97 Å². The molecule has 31 heavy (non-hydrogen) atoms. The molecule has 4 rings (SSSR count). The highest BCUT2D eigenvalue weighted by Crippen LogP contribution is 2.24. The van der Waals surface area contributed by atoms with Gasteiger partial charge in [-0.2, -0.15) is 0 Å². The van der Waals surface area contributed by atoms with E-state index in [4.69, 9.17) is 4.74 Å². The van der Waals surface area contributed by atoms with Gasteiger partial charge in [0.25, 0.3) is 0 Å². The second kappa shape index (κ2) is 8.94. The monoisotopic (exact) mass is 435 g/mol. The van der Waals surface area contributed by atoms with Gasteiger partial charge in [0.15, 0.2) is 9.84 Å². The first-order valence-electron chi connectivity index (χ1n) is 10.3. The molecule has 160 valence electrons. The van der Waals surface area contributed by atoms with Gasteiger partial charge < -0.3 is 9.64 Å². The number of carbonyl (C=O) groups excluding carboxylic acids is 1. The van der Waals surface area contributed by atoms with Crippen molar-refractivity contribution < 1.29 is 17.9 Å². The Kier molecular flexibility index (Phi) is 6.09. The van der Waals surface area contributed by atoms with Gasteiger partial charge in [0.05, 0.1) is 17.0 Å². The van der Waals surface area contributed by atoms with Gasteiger partial charge in [-0.1, -0.05) is 42.5 Å². The molecule has 1 unspecified atom stereocenters. The molecule has 3 aromatic carbocycles. The molecule has 0 amide bonds. The zero-order chi connectivity index (χ0) is 21.8. The van der Waals surface area contributed by atoms with Crippen LogP contribution in [-0.2, 0) is 14.6 Å². The van der Waals surface area contributed by atoms with E-state index in [9.17, 15) is 13.2 Å². The molecule has 1 heterocycles. The van der Waals surface area contributed by atoms with Crippen LogP contribution >= 0.6 is 0 Å². The van der Waals surface area contributed by atoms with Crippen molar-refractivity contribution in [3.63, 3.8) is 0 Å². The number of carbonyl (C=O) groups is 1. The van der Waals surface area contributed by atoms with E-state index < -0.39 is 9.84 Å². The molecule has 1 atom stereocenters. The van der Waals surface area contributed by atoms with E-state index in [-0.39, 0.29) is 17.0 Å². The molecule has 1 saturated heterocycles. The van der Waals surface area contributed by atoms with Gasteiger partial charge in [0.2, 0.25) is 0 Å². The molecule has 0 saturated carbocycles. The van der Waals surface area contributed by atoms with Gasteiger partial charge in [-0.25, -0.2) is 13.2 Å². The second-order valence-corrected chi connectivity index (χ2v) is 9.84. The van der Waals surface area contributed by atoms with Crippen LogP contribution in [0.25, 0.3) is 11.1 Å². The van der Waals surface area contributed by atoms with Crippen molar-refractivity contribution >= 4 is 21.5 Å². The lowest BCUT2D eigenvalue weighted by molar-refractivity contribution is 0.0270. The third-order valence-electron chi connectivity index (χ3n) is 5.51. The topological polar surface area (TPSA) is 63.7 Å². The van der Waals surface area contributed by atoms with Crippen molar-refractivity contribution in [2.75, 3.05) is 24.2 Å². The van der Waals surface area contributed by atoms with Crippen molar-refractivity contribution in [3.8, 4) is 11.1 Å². The standard InChI is InChI=1S/C25H25NO4S/c1-31(28,29)24-15-13-20(14-16-24)19-9-11-21(12-10-19)25(27)30-23-8-5-17-26(18-23)22-6-3-2-4-7-22/h2-4,6-7,9-16,23H,5,8,17-18H2,1H3. The first-order chi connectivity index (χ1) is 14.9. The minimum Gasteiger partial charge on any atom is -0.457 e. The zero-order valence-corrected chi connectivity index (χ0v) is 18.2. The largest absolute Gasteiger partial charge is 0.457 e. The molecule has 1 aliphatic heterocycles. The molecule has 0 aromatic heterocycles. The fraction of sp³-hybridized carbons (Fsp3) is 0.240. The Morgan fingerprint density at radius 3 is 2.13 bits per heavy atom. The Bertz CT molecular complexity index is 1140. The van der Waals surface area contributed by atoms with Crippen molar-refractivity contribution in [2.45, 2.75) is 23.8 Å². The highest BCUT2D eigenvalue weighted by molar-refractivity contribution is 7.90. The maximum absolute atomic E-state index is 12.7. The van der Waals surface area contributed by atoms with Gasteiger partial charge in [-0.15, -0.1) is 0 Å². The smallest absolute Gasteiger partial charge is 0.338 e. The number of anilines is 1. The third kappa shape index (κ3) is 5.14. The zero-order valence-electron chi connectivity index (χ0n) is 17.4. The van der Waals surface area contributed by atoms with Gasteiger partial charge in [0, 0.05) is 18.5 Å². The lowest BCUT2D eigenvalue weighted by Gasteiger charge is -2.34. The summed E-state index contributed by atoms with van der Waals surface area (Å²) >= 11 is 0. The SMILES string of the molecule is CS(=O)(=O)c1ccc(-c2ccc(C(=O)OC3CCCN(c4ccccc4)C3)cc2)cc1. The first-order valence-corrected chi connectivity index (χ1v) is 12.2. The summed E-state index contributed by atoms with van der Waals surface area (Å²) in [4.78, 5) is 15.2. The Morgan fingerprint density at radius 1 is 0.903 bits per heavy atom. The summed E-state index contributed by atoms with van der Waals surface area (Å²) in [6, 6.07) is 24.1. The van der Waals surface area contributed by atoms with E-state index in [0.717, 1.165) is 36.2 Å². The summed E-state index contributed by atoms with van der Waals surface area (Å²) in [5.74, 6) is -0.320. The lowest BCUT2D eigenvalue weighted by Crippen LogP contribution is -2.40. The Hall–Kier alpha value is -3.12. The average molecular weight is 436 g/mol. The number of para-hydroxylation sites is 1. The lowest BCUT2D eigenvalue weighted by atomic mass is 10.0. The predicted molar refractivity (Wildman–Crippen MR) is 122 cm³/mol. The van der Waals surface area contributed by atoms with Gasteiger partial charge in [-0.05, 0) is 60.4 Å². The van der Waals surface area contributed by atoms with Crippen LogP contribution in [0.5, 0.6) is 0 Å². The maximum atomic E-state index is 12.7. The third-order valence-corrected chi connectivity index (χ3v) is 6.64. The van der Waals surface area contributed by atoms with E-state index in [0.29, 0.717) is 12.1 Å². The van der Waals surface area contributed by atoms with Crippen molar-refractivity contribution in [3.05, 3.63) is 84.4 Å². The molecule has 3 aromatic rings. The number of nitrogens with zero attached hydrogens (tertiary/aromatic N) is 1. The van der Waals surface area contributed by atoms with Crippen molar-refractivity contribution in [1.82, 2.24) is 0 Å². The van der Waals surface area contributed by atoms with Crippen LogP contribution in [0.2, 0.25) is 0 Å². The van der Waals surface area contributed by atoms with Gasteiger partial charge in [-0.3, -0.25) is 0 Å². The summed E-state index contributed by atoms with van der Waals surface area (Å²) in [5, 5.41) is 0. The number of piperidine rings is 1. The summed E-state index contributed by atoms with van der Waals surface area (Å²) < 4.78 is 29.0. The van der Waals surface area contributed by atoms with Crippen LogP contribution < -0.4 is 4.90 Å². The van der Waals surface area contributed by atoms with Crippen LogP contribution in [0, 0.1) is 0 Å². The number of ether oxygens (including phenoxy) is 1. The van der Waals surface area contributed by atoms with E-state index in [1.807, 2.05) is 30.3 Å². The Labute approximate surface area is 183 Å². The van der Waals surface area contributed by atoms with Crippen LogP contribution in [-0.4, -0.2) is 39.8 Å². The maximum Gasteiger partial charge on any atom is 0.338 e. The minimum absolute atomic E-state index is 0.135. The summed E-state index contributed by atoms with van der Waals surface area (Å²) in [7, 11) is -3.22. The molecule has 1 fully saturated rings. The number of benzene rings is 3. The summed E-state index contributed by atoms with van der Waals surface area (Å²) in [5.41, 5.74) is 3.45. The number of hydrogen-bond acceptors (Lipinski definition) is 5. The van der Waals surface area contributed by atoms with Crippen LogP contribution in [0.1, 0.15) is 23.2 Å². The minimum atomic E-state index is -3.22. The molecular formula is C25H25NO4S. The van der Waals surface area contributed by atoms with Crippen molar-refractivity contribution in [1.29, 1.82) is 0 Å². The number of rotatable bonds is 5. The molecule has 0 aliphatic carbocycles. The molecule has 0 bridgehead atoms. The summed E-state index contributed by atoms with van der Waals surface area (Å²) in [6.45, 7) is 1.66. The average Bonchev–Trinajstić information content (AvgIpc) is 2.79. The molecule has 6 heteroatoms. The highest BCUT2D eigenvalue weighted by Gasteiger charge is 2.24. The highest BCUT2D eigenvalue weighted by atomic mass is 32.2. The summed E-state index contributed by atoms with van der Waals surface area (Å²) in [6.07, 6.45) is 2.90. The molecule has 0 N–H and O–H groups in total. The quantitative estimate of drug-likeness (QED) is 0.549. The normalized spacial score (nSPS) is 16.7. The van der Waals surface area contributed by atoms with Crippen LogP contribution in [0.15, 0.2) is 83.8 Å². The first kappa shape index (κ1) is 21.1. The fourth-order valence-electron chi connectivity index (χ4n) is 3.82. The van der Waals surface area contributed by atoms with Gasteiger partial charge in [0.1, 0.15) is 6.10 Å². The molecule has 5 nitrogen and oxygen atoms in total. The number of esters is 1. The van der Waals surface area contributed by atoms with E-state index in [1.165, 1.54) is 6.26 Å². The molecular weight excluding hydrogens is 410 g/mol. The Morgan fingerprint density at radius 2 is 1.52 bits per heavy atom. The predicted octanol–water partition coefficient (Wildman–Crippen LogP) is 4.58. The van der Waals surface area contributed by atoms with E-state index in [2.05, 4.69) is 17.0 Å². The molecule has 0 spiro atoms. The Balaban J connectivity index is 1.40. The molecule has 1 aliphatic rings.